The van der Waals surface area contributed by atoms with Gasteiger partial charge in [0.15, 0.2) is 16.4 Å². The van der Waals surface area contributed by atoms with Gasteiger partial charge >= 0.3 is 5.97 Å². The molecule has 2 aromatic rings. The van der Waals surface area contributed by atoms with Gasteiger partial charge in [0.05, 0.1) is 14.9 Å². The summed E-state index contributed by atoms with van der Waals surface area (Å²) in [6.45, 7) is -0.464. The zero-order valence-corrected chi connectivity index (χ0v) is 17.1. The summed E-state index contributed by atoms with van der Waals surface area (Å²) in [5, 5.41) is 8.07. The van der Waals surface area contributed by atoms with Crippen LogP contribution in [0.25, 0.3) is 0 Å². The fourth-order valence-electron chi connectivity index (χ4n) is 3.49. The number of sulfone groups is 1. The van der Waals surface area contributed by atoms with Crippen molar-refractivity contribution in [2.24, 2.45) is 5.73 Å². The van der Waals surface area contributed by atoms with E-state index in [-0.39, 0.29) is 14.9 Å². The quantitative estimate of drug-likeness (QED) is 0.705. The summed E-state index contributed by atoms with van der Waals surface area (Å²) in [6.07, 6.45) is 1.98. The molecular weight excluding hydrogens is 425 g/mol. The Kier molecular flexibility index (Phi) is 6.19. The van der Waals surface area contributed by atoms with E-state index in [9.17, 15) is 13.2 Å². The molecule has 0 fully saturated rings. The van der Waals surface area contributed by atoms with Gasteiger partial charge in [-0.15, -0.1) is 0 Å². The van der Waals surface area contributed by atoms with Gasteiger partial charge in [0.25, 0.3) is 0 Å². The first kappa shape index (κ1) is 20.9. The van der Waals surface area contributed by atoms with E-state index in [1.165, 1.54) is 18.2 Å². The zero-order chi connectivity index (χ0) is 20.5. The van der Waals surface area contributed by atoms with E-state index in [2.05, 4.69) is 0 Å². The van der Waals surface area contributed by atoms with Gasteiger partial charge < -0.3 is 15.6 Å². The van der Waals surface area contributed by atoms with Gasteiger partial charge in [-0.2, -0.15) is 0 Å². The second-order valence-electron chi connectivity index (χ2n) is 6.59. The molecule has 2 aromatic carbocycles. The van der Waals surface area contributed by atoms with Crippen LogP contribution < -0.4 is 10.5 Å². The van der Waals surface area contributed by atoms with Crippen LogP contribution in [0.15, 0.2) is 41.3 Å². The third-order valence-electron chi connectivity index (χ3n) is 4.84. The molecule has 9 heteroatoms. The normalized spacial score (nSPS) is 17.6. The molecule has 0 heterocycles. The molecule has 150 valence electrons. The number of carboxylic acids is 1. The molecule has 1 aliphatic carbocycles. The topological polar surface area (TPSA) is 107 Å². The van der Waals surface area contributed by atoms with Crippen LogP contribution in [-0.4, -0.2) is 31.5 Å². The Morgan fingerprint density at radius 2 is 2.00 bits per heavy atom. The standard InChI is InChI=1S/C19H19Cl2NO5S/c20-15-8-7-11(9-16(15)21)28(25,26)19(22)14-5-1-4-13-12(14)3-2-6-17(13)27-10-18(23)24/h2-3,6-9,14,19H,1,4-5,10,22H2,(H,23,24). The highest BCUT2D eigenvalue weighted by Gasteiger charge is 2.36. The molecule has 6 nitrogen and oxygen atoms in total. The molecule has 0 amide bonds. The van der Waals surface area contributed by atoms with Gasteiger partial charge in [0.2, 0.25) is 0 Å². The summed E-state index contributed by atoms with van der Waals surface area (Å²) in [4.78, 5) is 10.8. The summed E-state index contributed by atoms with van der Waals surface area (Å²) in [5.41, 5.74) is 7.81. The fraction of sp³-hybridized carbons (Fsp3) is 0.316. The van der Waals surface area contributed by atoms with E-state index in [1.807, 2.05) is 6.07 Å². The predicted octanol–water partition coefficient (Wildman–Crippen LogP) is 3.64. The molecule has 0 spiro atoms. The van der Waals surface area contributed by atoms with Crippen molar-refractivity contribution < 1.29 is 23.1 Å². The zero-order valence-electron chi connectivity index (χ0n) is 14.8. The maximum Gasteiger partial charge on any atom is 0.341 e. The monoisotopic (exact) mass is 443 g/mol. The summed E-state index contributed by atoms with van der Waals surface area (Å²) in [5.74, 6) is -1.08. The number of aliphatic carboxylic acids is 1. The Bertz CT molecular complexity index is 1010. The number of rotatable bonds is 6. The van der Waals surface area contributed by atoms with Crippen molar-refractivity contribution in [2.75, 3.05) is 6.61 Å². The van der Waals surface area contributed by atoms with Gasteiger partial charge in [-0.3, -0.25) is 0 Å². The van der Waals surface area contributed by atoms with Crippen molar-refractivity contribution in [3.8, 4) is 5.75 Å². The lowest BCUT2D eigenvalue weighted by molar-refractivity contribution is -0.139. The van der Waals surface area contributed by atoms with Crippen LogP contribution >= 0.6 is 23.2 Å². The highest BCUT2D eigenvalue weighted by Crippen LogP contribution is 2.40. The highest BCUT2D eigenvalue weighted by atomic mass is 35.5. The van der Waals surface area contributed by atoms with Crippen LogP contribution in [0.3, 0.4) is 0 Å². The molecule has 0 aromatic heterocycles. The Labute approximate surface area is 173 Å². The number of hydrogen-bond acceptors (Lipinski definition) is 5. The van der Waals surface area contributed by atoms with Crippen LogP contribution in [0.4, 0.5) is 0 Å². The molecule has 2 unspecified atom stereocenters. The SMILES string of the molecule is NC(C1CCCc2c(OCC(=O)O)cccc21)S(=O)(=O)c1ccc(Cl)c(Cl)c1. The largest absolute Gasteiger partial charge is 0.482 e. The minimum Gasteiger partial charge on any atom is -0.482 e. The fourth-order valence-corrected chi connectivity index (χ4v) is 5.43. The molecule has 1 aliphatic rings. The van der Waals surface area contributed by atoms with E-state index in [0.29, 0.717) is 18.6 Å². The second kappa shape index (κ2) is 8.29. The van der Waals surface area contributed by atoms with Crippen LogP contribution in [0.5, 0.6) is 5.75 Å². The molecular formula is C19H19Cl2NO5S. The van der Waals surface area contributed by atoms with Crippen molar-refractivity contribution in [1.29, 1.82) is 0 Å². The molecule has 3 rings (SSSR count). The van der Waals surface area contributed by atoms with E-state index in [4.69, 9.17) is 38.8 Å². The molecule has 0 saturated heterocycles. The van der Waals surface area contributed by atoms with Crippen molar-refractivity contribution in [2.45, 2.75) is 35.4 Å². The number of carbonyl (C=O) groups is 1. The van der Waals surface area contributed by atoms with E-state index in [0.717, 1.165) is 17.5 Å². The lowest BCUT2D eigenvalue weighted by atomic mass is 9.82. The maximum atomic E-state index is 13.1. The third kappa shape index (κ3) is 4.12. The molecule has 2 atom stereocenters. The van der Waals surface area contributed by atoms with Crippen molar-refractivity contribution in [1.82, 2.24) is 0 Å². The Morgan fingerprint density at radius 1 is 1.25 bits per heavy atom. The van der Waals surface area contributed by atoms with Crippen LogP contribution in [-0.2, 0) is 21.1 Å². The molecule has 0 saturated carbocycles. The first-order valence-corrected chi connectivity index (χ1v) is 10.9. The Balaban J connectivity index is 1.96. The van der Waals surface area contributed by atoms with Crippen molar-refractivity contribution in [3.63, 3.8) is 0 Å². The minimum absolute atomic E-state index is 0.0137. The average molecular weight is 444 g/mol. The maximum absolute atomic E-state index is 13.1. The van der Waals surface area contributed by atoms with Crippen molar-refractivity contribution in [3.05, 3.63) is 57.6 Å². The summed E-state index contributed by atoms with van der Waals surface area (Å²) >= 11 is 11.9. The lowest BCUT2D eigenvalue weighted by Crippen LogP contribution is -2.38. The number of ether oxygens (including phenoxy) is 1. The lowest BCUT2D eigenvalue weighted by Gasteiger charge is -2.31. The first-order chi connectivity index (χ1) is 13.2. The Morgan fingerprint density at radius 3 is 2.68 bits per heavy atom. The van der Waals surface area contributed by atoms with E-state index >= 15 is 0 Å². The number of nitrogens with two attached hydrogens (primary N) is 1. The number of carboxylic acid groups (broad SMARTS) is 1. The van der Waals surface area contributed by atoms with Crippen molar-refractivity contribution >= 4 is 39.0 Å². The summed E-state index contributed by atoms with van der Waals surface area (Å²) in [7, 11) is -3.86. The van der Waals surface area contributed by atoms with E-state index < -0.39 is 33.7 Å². The number of hydrogen-bond donors (Lipinski definition) is 2. The second-order valence-corrected chi connectivity index (χ2v) is 9.51. The van der Waals surface area contributed by atoms with E-state index in [1.54, 1.807) is 12.1 Å². The smallest absolute Gasteiger partial charge is 0.341 e. The van der Waals surface area contributed by atoms with Gasteiger partial charge in [0.1, 0.15) is 11.1 Å². The van der Waals surface area contributed by atoms with Crippen LogP contribution in [0, 0.1) is 0 Å². The molecule has 0 radical (unpaired) electrons. The van der Waals surface area contributed by atoms with Gasteiger partial charge in [-0.05, 0) is 54.7 Å². The van der Waals surface area contributed by atoms with Gasteiger partial charge in [-0.25, -0.2) is 13.2 Å². The van der Waals surface area contributed by atoms with Crippen LogP contribution in [0.1, 0.15) is 29.9 Å². The van der Waals surface area contributed by atoms with Gasteiger partial charge in [0, 0.05) is 5.92 Å². The number of benzene rings is 2. The molecule has 0 aliphatic heterocycles. The third-order valence-corrected chi connectivity index (χ3v) is 7.53. The predicted molar refractivity (Wildman–Crippen MR) is 107 cm³/mol. The summed E-state index contributed by atoms with van der Waals surface area (Å²) < 4.78 is 31.5. The number of fused-ring (bicyclic) bond motifs is 1. The van der Waals surface area contributed by atoms with Gasteiger partial charge in [-0.1, -0.05) is 35.3 Å². The Hall–Kier alpha value is -1.80. The molecule has 3 N–H and O–H groups in total. The minimum atomic E-state index is -3.86. The highest BCUT2D eigenvalue weighted by molar-refractivity contribution is 7.92. The van der Waals surface area contributed by atoms with Crippen LogP contribution in [0.2, 0.25) is 10.0 Å². The number of halogens is 2. The summed E-state index contributed by atoms with van der Waals surface area (Å²) in [6, 6.07) is 9.33. The first-order valence-electron chi connectivity index (χ1n) is 8.62. The molecule has 0 bridgehead atoms. The average Bonchev–Trinajstić information content (AvgIpc) is 2.67. The molecule has 28 heavy (non-hydrogen) atoms.